The fourth-order valence-corrected chi connectivity index (χ4v) is 3.00. The summed E-state index contributed by atoms with van der Waals surface area (Å²) in [4.78, 5) is 15.1. The number of halogens is 2. The van der Waals surface area contributed by atoms with Crippen LogP contribution in [0.3, 0.4) is 0 Å². The van der Waals surface area contributed by atoms with E-state index >= 15 is 0 Å². The molecule has 0 saturated carbocycles. The maximum Gasteiger partial charge on any atom is 0.289 e. The van der Waals surface area contributed by atoms with Crippen LogP contribution in [0.25, 0.3) is 0 Å². The Kier molecular flexibility index (Phi) is 5.81. The van der Waals surface area contributed by atoms with Crippen molar-refractivity contribution < 1.29 is 14.2 Å². The number of nitrogens with zero attached hydrogens (tertiary/aromatic N) is 2. The molecule has 1 atom stereocenters. The number of benzene rings is 1. The van der Waals surface area contributed by atoms with Gasteiger partial charge >= 0.3 is 0 Å². The molecule has 9 heteroatoms. The van der Waals surface area contributed by atoms with Crippen molar-refractivity contribution in [3.63, 3.8) is 0 Å². The van der Waals surface area contributed by atoms with E-state index in [1.54, 1.807) is 6.92 Å². The number of rotatable bonds is 4. The summed E-state index contributed by atoms with van der Waals surface area (Å²) in [7, 11) is 0. The molecule has 1 amide bonds. The Morgan fingerprint density at radius 2 is 2.04 bits per heavy atom. The van der Waals surface area contributed by atoms with Crippen LogP contribution in [0.4, 0.5) is 15.9 Å². The van der Waals surface area contributed by atoms with Crippen molar-refractivity contribution in [1.29, 1.82) is 10.5 Å². The van der Waals surface area contributed by atoms with Gasteiger partial charge in [-0.1, -0.05) is 23.4 Å². The van der Waals surface area contributed by atoms with Crippen LogP contribution in [-0.4, -0.2) is 11.2 Å². The number of carbonyl (C=O) groups excluding carboxylic acids is 1. The number of thioether (sulfide) groups is 1. The van der Waals surface area contributed by atoms with Gasteiger partial charge in [0, 0.05) is 0 Å². The van der Waals surface area contributed by atoms with Gasteiger partial charge in [-0.3, -0.25) is 10.5 Å². The van der Waals surface area contributed by atoms with Gasteiger partial charge in [0.1, 0.15) is 29.1 Å². The topological polar surface area (TPSA) is 117 Å². The van der Waals surface area contributed by atoms with Gasteiger partial charge < -0.3 is 5.32 Å². The first-order chi connectivity index (χ1) is 11.8. The highest BCUT2D eigenvalue weighted by atomic mass is 35.5. The van der Waals surface area contributed by atoms with E-state index in [9.17, 15) is 14.4 Å². The molecule has 0 radical (unpaired) electrons. The minimum absolute atomic E-state index is 0.0810. The summed E-state index contributed by atoms with van der Waals surface area (Å²) in [6.45, 7) is 1.63. The zero-order valence-corrected chi connectivity index (χ0v) is 14.5. The number of hydrogen-bond donors (Lipinski definition) is 2. The lowest BCUT2D eigenvalue weighted by Gasteiger charge is -2.12. The first-order valence-corrected chi connectivity index (χ1v) is 8.20. The van der Waals surface area contributed by atoms with Gasteiger partial charge in [-0.2, -0.15) is 10.5 Å². The second-order valence-corrected chi connectivity index (χ2v) is 6.69. The van der Waals surface area contributed by atoms with Crippen molar-refractivity contribution in [2.75, 3.05) is 11.1 Å². The third kappa shape index (κ3) is 4.38. The molecule has 0 aliphatic carbocycles. The molecule has 2 aromatic rings. The van der Waals surface area contributed by atoms with Crippen molar-refractivity contribution in [1.82, 2.24) is 0 Å². The number of nitrogen functional groups attached to an aromatic ring is 1. The lowest BCUT2D eigenvalue weighted by atomic mass is 10.2. The van der Waals surface area contributed by atoms with Gasteiger partial charge in [0.15, 0.2) is 5.03 Å². The molecule has 2 rings (SSSR count). The van der Waals surface area contributed by atoms with E-state index in [-0.39, 0.29) is 27.7 Å². The van der Waals surface area contributed by atoms with Crippen molar-refractivity contribution in [3.05, 3.63) is 46.2 Å². The Hall–Kier alpha value is -2.81. The zero-order valence-electron chi connectivity index (χ0n) is 12.9. The summed E-state index contributed by atoms with van der Waals surface area (Å²) in [5, 5.41) is 20.6. The van der Waals surface area contributed by atoms with Gasteiger partial charge in [0.25, 0.3) is 5.82 Å². The molecule has 1 heterocycles. The zero-order chi connectivity index (χ0) is 18.6. The number of nitriles is 2. The third-order valence-corrected chi connectivity index (χ3v) is 4.60. The molecule has 126 valence electrons. The number of anilines is 2. The molecule has 25 heavy (non-hydrogen) atoms. The monoisotopic (exact) mass is 376 g/mol. The molecule has 4 N–H and O–H groups in total. The number of amides is 1. The Labute approximate surface area is 152 Å². The standard InChI is InChI=1S/C16H11ClFN5OS/c1-8(15(24)22-13-3-2-11(18)5-12(13)17)25-16-10(7-20)4-9(6-19)14(21)23-16/h2-5,8H,1H3,(H2,21,23)(H,22,24)/p+1/t8-/m0/s1. The fourth-order valence-electron chi connectivity index (χ4n) is 1.87. The highest BCUT2D eigenvalue weighted by molar-refractivity contribution is 8.00. The molecule has 0 aliphatic rings. The summed E-state index contributed by atoms with van der Waals surface area (Å²) in [6, 6.07) is 8.82. The molecule has 1 aromatic carbocycles. The first kappa shape index (κ1) is 18.5. The second kappa shape index (κ2) is 7.84. The highest BCUT2D eigenvalue weighted by Gasteiger charge is 2.22. The van der Waals surface area contributed by atoms with Gasteiger partial charge in [0.2, 0.25) is 5.91 Å². The number of carbonyl (C=O) groups is 1. The lowest BCUT2D eigenvalue weighted by molar-refractivity contribution is -0.410. The number of nitrogens with two attached hydrogens (primary N) is 1. The van der Waals surface area contributed by atoms with E-state index in [0.717, 1.165) is 17.8 Å². The maximum atomic E-state index is 13.0. The van der Waals surface area contributed by atoms with Crippen molar-refractivity contribution >= 4 is 40.8 Å². The Morgan fingerprint density at radius 3 is 2.64 bits per heavy atom. The van der Waals surface area contributed by atoms with Gasteiger partial charge in [-0.15, -0.1) is 0 Å². The van der Waals surface area contributed by atoms with E-state index in [2.05, 4.69) is 10.3 Å². The molecule has 0 saturated heterocycles. The van der Waals surface area contributed by atoms with Crippen LogP contribution in [0.1, 0.15) is 18.1 Å². The Balaban J connectivity index is 2.18. The normalized spacial score (nSPS) is 11.2. The molecule has 0 spiro atoms. The van der Waals surface area contributed by atoms with E-state index < -0.39 is 17.0 Å². The van der Waals surface area contributed by atoms with Crippen LogP contribution in [0.15, 0.2) is 29.3 Å². The molecular formula is C16H12ClFN5OS+. The quantitative estimate of drug-likeness (QED) is 0.795. The fraction of sp³-hybridized carbons (Fsp3) is 0.125. The number of aromatic nitrogens is 1. The second-order valence-electron chi connectivity index (χ2n) is 4.94. The summed E-state index contributed by atoms with van der Waals surface area (Å²) in [5.41, 5.74) is 6.35. The van der Waals surface area contributed by atoms with Crippen LogP contribution < -0.4 is 16.0 Å². The smallest absolute Gasteiger partial charge is 0.289 e. The maximum absolute atomic E-state index is 13.0. The third-order valence-electron chi connectivity index (χ3n) is 3.17. The molecule has 0 fully saturated rings. The summed E-state index contributed by atoms with van der Waals surface area (Å²) in [6.07, 6.45) is 0. The van der Waals surface area contributed by atoms with Crippen LogP contribution in [0.5, 0.6) is 0 Å². The van der Waals surface area contributed by atoms with Gasteiger partial charge in [0.05, 0.1) is 16.0 Å². The minimum Gasteiger partial charge on any atom is -0.324 e. The summed E-state index contributed by atoms with van der Waals surface area (Å²) < 4.78 is 13.0. The molecule has 1 aromatic heterocycles. The van der Waals surface area contributed by atoms with Crippen LogP contribution in [0.2, 0.25) is 5.02 Å². The van der Waals surface area contributed by atoms with Crippen LogP contribution in [-0.2, 0) is 4.79 Å². The predicted molar refractivity (Wildman–Crippen MR) is 92.2 cm³/mol. The van der Waals surface area contributed by atoms with Crippen molar-refractivity contribution in [3.8, 4) is 12.1 Å². The molecular weight excluding hydrogens is 365 g/mol. The molecule has 0 bridgehead atoms. The minimum atomic E-state index is -0.614. The average molecular weight is 377 g/mol. The van der Waals surface area contributed by atoms with Gasteiger partial charge in [-0.05, 0) is 31.2 Å². The molecule has 0 unspecified atom stereocenters. The van der Waals surface area contributed by atoms with E-state index in [0.29, 0.717) is 5.03 Å². The number of H-pyrrole nitrogens is 1. The van der Waals surface area contributed by atoms with Gasteiger partial charge in [-0.25, -0.2) is 9.37 Å². The number of pyridine rings is 1. The van der Waals surface area contributed by atoms with E-state index in [1.807, 2.05) is 12.1 Å². The highest BCUT2D eigenvalue weighted by Crippen LogP contribution is 2.27. The first-order valence-electron chi connectivity index (χ1n) is 6.94. The Morgan fingerprint density at radius 1 is 1.36 bits per heavy atom. The molecule has 6 nitrogen and oxygen atoms in total. The number of nitrogens with one attached hydrogen (secondary N) is 2. The lowest BCUT2D eigenvalue weighted by Crippen LogP contribution is -2.25. The van der Waals surface area contributed by atoms with Crippen molar-refractivity contribution in [2.45, 2.75) is 17.2 Å². The van der Waals surface area contributed by atoms with Crippen LogP contribution in [0, 0.1) is 28.5 Å². The van der Waals surface area contributed by atoms with E-state index in [4.69, 9.17) is 22.6 Å². The summed E-state index contributed by atoms with van der Waals surface area (Å²) in [5.74, 6) is -0.788. The Bertz CT molecular complexity index is 922. The summed E-state index contributed by atoms with van der Waals surface area (Å²) >= 11 is 6.95. The predicted octanol–water partition coefficient (Wildman–Crippen LogP) is 2.74. The van der Waals surface area contributed by atoms with Crippen molar-refractivity contribution in [2.24, 2.45) is 0 Å². The largest absolute Gasteiger partial charge is 0.324 e. The van der Waals surface area contributed by atoms with E-state index in [1.165, 1.54) is 18.2 Å². The molecule has 0 aliphatic heterocycles. The van der Waals surface area contributed by atoms with Crippen LogP contribution >= 0.6 is 23.4 Å². The number of aromatic amines is 1. The average Bonchev–Trinajstić information content (AvgIpc) is 2.57. The number of hydrogen-bond acceptors (Lipinski definition) is 5. The SMILES string of the molecule is C[C@H](Sc1[nH+]c(N)c(C#N)cc1C#N)C(=O)Nc1ccc(F)cc1Cl.